The van der Waals surface area contributed by atoms with Crippen LogP contribution in [0.2, 0.25) is 0 Å². The number of pyridine rings is 1. The molecule has 0 saturated carbocycles. The molecule has 3 heterocycles. The highest BCUT2D eigenvalue weighted by Gasteiger charge is 2.18. The molecule has 0 unspecified atom stereocenters. The number of imidazole rings is 1. The second-order valence-electron chi connectivity index (χ2n) is 5.62. The molecule has 22 heavy (non-hydrogen) atoms. The standard InChI is InChI=1S/C16H19N5O/c1-10(2)21-12(4)14(11(3)19-21)18-16(22)13-6-5-8-20-9-7-17-15(13)20/h5-10H,1-4H3,(H,18,22). The van der Waals surface area contributed by atoms with Crippen molar-refractivity contribution in [2.45, 2.75) is 33.7 Å². The molecule has 6 heteroatoms. The van der Waals surface area contributed by atoms with Crippen molar-refractivity contribution in [3.63, 3.8) is 0 Å². The average Bonchev–Trinajstić information content (AvgIpc) is 3.06. The first-order chi connectivity index (χ1) is 10.5. The fourth-order valence-corrected chi connectivity index (χ4v) is 2.65. The molecule has 3 rings (SSSR count). The quantitative estimate of drug-likeness (QED) is 0.808. The van der Waals surface area contributed by atoms with Crippen molar-refractivity contribution in [2.24, 2.45) is 0 Å². The molecule has 0 aliphatic heterocycles. The first kappa shape index (κ1) is 14.3. The molecule has 0 fully saturated rings. The van der Waals surface area contributed by atoms with Crippen molar-refractivity contribution in [1.82, 2.24) is 19.2 Å². The van der Waals surface area contributed by atoms with Gasteiger partial charge in [-0.2, -0.15) is 5.10 Å². The summed E-state index contributed by atoms with van der Waals surface area (Å²) < 4.78 is 3.74. The molecule has 0 aliphatic rings. The molecule has 6 nitrogen and oxygen atoms in total. The number of aryl methyl sites for hydroxylation is 1. The first-order valence-corrected chi connectivity index (χ1v) is 7.27. The maximum Gasteiger partial charge on any atom is 0.259 e. The van der Waals surface area contributed by atoms with Crippen LogP contribution in [0, 0.1) is 13.8 Å². The van der Waals surface area contributed by atoms with Crippen LogP contribution in [0.15, 0.2) is 30.7 Å². The fourth-order valence-electron chi connectivity index (χ4n) is 2.65. The van der Waals surface area contributed by atoms with Gasteiger partial charge in [-0.05, 0) is 39.8 Å². The van der Waals surface area contributed by atoms with E-state index in [4.69, 9.17) is 0 Å². The van der Waals surface area contributed by atoms with Gasteiger partial charge in [0.2, 0.25) is 0 Å². The Bertz CT molecular complexity index is 843. The third-order valence-electron chi connectivity index (χ3n) is 3.72. The van der Waals surface area contributed by atoms with Gasteiger partial charge in [0.05, 0.1) is 22.6 Å². The minimum atomic E-state index is -0.175. The lowest BCUT2D eigenvalue weighted by Gasteiger charge is -2.09. The number of anilines is 1. The topological polar surface area (TPSA) is 64.2 Å². The Morgan fingerprint density at radius 3 is 2.73 bits per heavy atom. The van der Waals surface area contributed by atoms with E-state index in [1.165, 1.54) is 0 Å². The van der Waals surface area contributed by atoms with E-state index in [-0.39, 0.29) is 11.9 Å². The molecule has 1 amide bonds. The summed E-state index contributed by atoms with van der Waals surface area (Å²) in [6.07, 6.45) is 5.37. The number of nitrogens with zero attached hydrogens (tertiary/aromatic N) is 4. The monoisotopic (exact) mass is 297 g/mol. The zero-order valence-electron chi connectivity index (χ0n) is 13.2. The molecule has 0 bridgehead atoms. The Balaban J connectivity index is 1.97. The van der Waals surface area contributed by atoms with E-state index in [0.717, 1.165) is 17.1 Å². The second kappa shape index (κ2) is 5.29. The van der Waals surface area contributed by atoms with E-state index in [0.29, 0.717) is 11.2 Å². The van der Waals surface area contributed by atoms with Gasteiger partial charge in [-0.1, -0.05) is 0 Å². The minimum Gasteiger partial charge on any atom is -0.319 e. The summed E-state index contributed by atoms with van der Waals surface area (Å²) >= 11 is 0. The Kier molecular flexibility index (Phi) is 3.44. The number of nitrogens with one attached hydrogen (secondary N) is 1. The van der Waals surface area contributed by atoms with Crippen molar-refractivity contribution >= 4 is 17.2 Å². The average molecular weight is 297 g/mol. The molecule has 3 aromatic rings. The summed E-state index contributed by atoms with van der Waals surface area (Å²) in [5.41, 5.74) is 3.73. The summed E-state index contributed by atoms with van der Waals surface area (Å²) in [6.45, 7) is 8.00. The van der Waals surface area contributed by atoms with Gasteiger partial charge in [-0.3, -0.25) is 9.48 Å². The first-order valence-electron chi connectivity index (χ1n) is 7.27. The van der Waals surface area contributed by atoms with Crippen LogP contribution in [0.25, 0.3) is 5.65 Å². The molecule has 0 spiro atoms. The number of aromatic nitrogens is 4. The van der Waals surface area contributed by atoms with E-state index in [9.17, 15) is 4.79 Å². The van der Waals surface area contributed by atoms with Crippen molar-refractivity contribution in [3.8, 4) is 0 Å². The number of hydrogen-bond acceptors (Lipinski definition) is 3. The van der Waals surface area contributed by atoms with E-state index in [1.807, 2.05) is 41.4 Å². The van der Waals surface area contributed by atoms with Gasteiger partial charge in [0.25, 0.3) is 5.91 Å². The maximum absolute atomic E-state index is 12.6. The van der Waals surface area contributed by atoms with Crippen LogP contribution in [-0.2, 0) is 0 Å². The van der Waals surface area contributed by atoms with Crippen LogP contribution in [0.1, 0.15) is 41.6 Å². The lowest BCUT2D eigenvalue weighted by molar-refractivity contribution is 0.102. The van der Waals surface area contributed by atoms with Crippen molar-refractivity contribution in [3.05, 3.63) is 47.7 Å². The third-order valence-corrected chi connectivity index (χ3v) is 3.72. The molecule has 0 aliphatic carbocycles. The van der Waals surface area contributed by atoms with Crippen LogP contribution in [0.5, 0.6) is 0 Å². The number of hydrogen-bond donors (Lipinski definition) is 1. The minimum absolute atomic E-state index is 0.175. The highest BCUT2D eigenvalue weighted by Crippen LogP contribution is 2.23. The summed E-state index contributed by atoms with van der Waals surface area (Å²) in [5, 5.41) is 7.47. The highest BCUT2D eigenvalue weighted by atomic mass is 16.1. The Morgan fingerprint density at radius 2 is 2.05 bits per heavy atom. The van der Waals surface area contributed by atoms with Gasteiger partial charge in [0.15, 0.2) is 0 Å². The Labute approximate surface area is 128 Å². The molecule has 0 saturated heterocycles. The van der Waals surface area contributed by atoms with E-state index in [2.05, 4.69) is 29.2 Å². The van der Waals surface area contributed by atoms with E-state index in [1.54, 1.807) is 12.3 Å². The largest absolute Gasteiger partial charge is 0.319 e. The van der Waals surface area contributed by atoms with Gasteiger partial charge in [0, 0.05) is 24.6 Å². The summed E-state index contributed by atoms with van der Waals surface area (Å²) in [5.74, 6) is -0.175. The molecule has 3 aromatic heterocycles. The summed E-state index contributed by atoms with van der Waals surface area (Å²) in [7, 11) is 0. The van der Waals surface area contributed by atoms with Crippen LogP contribution in [-0.4, -0.2) is 25.1 Å². The molecule has 114 valence electrons. The number of rotatable bonds is 3. The maximum atomic E-state index is 12.6. The molecular formula is C16H19N5O. The van der Waals surface area contributed by atoms with Gasteiger partial charge in [-0.25, -0.2) is 4.98 Å². The van der Waals surface area contributed by atoms with Crippen LogP contribution in [0.3, 0.4) is 0 Å². The van der Waals surface area contributed by atoms with Crippen molar-refractivity contribution in [1.29, 1.82) is 0 Å². The smallest absolute Gasteiger partial charge is 0.259 e. The Hall–Kier alpha value is -2.63. The van der Waals surface area contributed by atoms with Gasteiger partial charge >= 0.3 is 0 Å². The predicted molar refractivity (Wildman–Crippen MR) is 85.2 cm³/mol. The molecule has 1 N–H and O–H groups in total. The number of carbonyl (C=O) groups excluding carboxylic acids is 1. The second-order valence-corrected chi connectivity index (χ2v) is 5.62. The van der Waals surface area contributed by atoms with Crippen LogP contribution >= 0.6 is 0 Å². The fraction of sp³-hybridized carbons (Fsp3) is 0.312. The number of carbonyl (C=O) groups is 1. The lowest BCUT2D eigenvalue weighted by Crippen LogP contribution is -2.14. The Morgan fingerprint density at radius 1 is 1.27 bits per heavy atom. The van der Waals surface area contributed by atoms with Gasteiger partial charge in [0.1, 0.15) is 5.65 Å². The van der Waals surface area contributed by atoms with Gasteiger partial charge < -0.3 is 9.72 Å². The number of fused-ring (bicyclic) bond motifs is 1. The predicted octanol–water partition coefficient (Wildman–Crippen LogP) is 2.98. The molecule has 0 radical (unpaired) electrons. The van der Waals surface area contributed by atoms with E-state index < -0.39 is 0 Å². The highest BCUT2D eigenvalue weighted by molar-refractivity contribution is 6.08. The van der Waals surface area contributed by atoms with Crippen molar-refractivity contribution in [2.75, 3.05) is 5.32 Å². The molecular weight excluding hydrogens is 278 g/mol. The zero-order chi connectivity index (χ0) is 15.9. The SMILES string of the molecule is Cc1nn(C(C)C)c(C)c1NC(=O)c1cccn2ccnc12. The van der Waals surface area contributed by atoms with Crippen molar-refractivity contribution < 1.29 is 4.79 Å². The van der Waals surface area contributed by atoms with Crippen LogP contribution < -0.4 is 5.32 Å². The lowest BCUT2D eigenvalue weighted by atomic mass is 10.2. The van der Waals surface area contributed by atoms with Gasteiger partial charge in [-0.15, -0.1) is 0 Å². The summed E-state index contributed by atoms with van der Waals surface area (Å²) in [4.78, 5) is 16.8. The van der Waals surface area contributed by atoms with E-state index >= 15 is 0 Å². The molecule has 0 aromatic carbocycles. The summed E-state index contributed by atoms with van der Waals surface area (Å²) in [6, 6.07) is 3.86. The third kappa shape index (κ3) is 2.26. The number of amides is 1. The van der Waals surface area contributed by atoms with Crippen LogP contribution in [0.4, 0.5) is 5.69 Å². The molecule has 0 atom stereocenters. The normalized spacial score (nSPS) is 11.3. The zero-order valence-corrected chi connectivity index (χ0v) is 13.2.